The number of carbonyl (C=O) groups is 6. The molecule has 566 valence electrons. The zero-order valence-electron chi connectivity index (χ0n) is 51.8. The number of hydroxylamine groups is 4. The summed E-state index contributed by atoms with van der Waals surface area (Å²) >= 11 is 0. The van der Waals surface area contributed by atoms with Gasteiger partial charge in [-0.15, -0.1) is 0 Å². The number of nitrogens with one attached hydrogen (secondary N) is 4. The third kappa shape index (κ3) is 33.4. The van der Waals surface area contributed by atoms with Crippen LogP contribution in [0, 0.1) is 0 Å². The summed E-state index contributed by atoms with van der Waals surface area (Å²) in [6.07, 6.45) is -38.8. The van der Waals surface area contributed by atoms with Crippen LogP contribution in [0.3, 0.4) is 0 Å². The average molecular weight is 1440 g/mol. The first-order chi connectivity index (χ1) is 45.1. The normalized spacial score (nSPS) is 19.3. The fourth-order valence-electron chi connectivity index (χ4n) is 9.17. The van der Waals surface area contributed by atoms with Crippen molar-refractivity contribution in [1.82, 2.24) is 41.5 Å². The summed E-state index contributed by atoms with van der Waals surface area (Å²) in [5.74, 6) is -4.61. The standard InChI is InChI=1S/C49H98N9O37P/c59-16-30(66)41(77)45(81)34(70)20-94-50-3-5-55(6-4-51-95-21-35(71)46(82)42(78)31(67)17-60)36(72)13-29(49(85)86)56(14-38(73)74)9-7-54(23-96(89,90)91)8-10-57(22-92-25-64)37(93-26-65)15-58(24-63,11-1-27(52-87)39(75)47(83)43(79)32(68)18-61)12-2-28(53-88)40(76)48(84)44(80)33(69)19-62/h24-35,37,39-48,50-53,59-62,66-71,75-84,87-88H,1-23H2,(H3-,73,74,85,86,89,90,91)/p+1/t27?,28?,29-,30?,31?,32?,33?,34?,35?,37?,39?,40?,41?,42?,43?,44?,45?,46?,47?,48?,58?/m0/s1. The van der Waals surface area contributed by atoms with E-state index >= 15 is 0 Å². The van der Waals surface area contributed by atoms with Gasteiger partial charge in [-0.25, -0.2) is 20.7 Å². The molecule has 19 unspecified atom stereocenters. The van der Waals surface area contributed by atoms with Crippen LogP contribution in [0.15, 0.2) is 0 Å². The summed E-state index contributed by atoms with van der Waals surface area (Å²) in [4.78, 5) is 111. The van der Waals surface area contributed by atoms with E-state index in [-0.39, 0.29) is 19.4 Å². The highest BCUT2D eigenvalue weighted by molar-refractivity contribution is 7.51. The SMILES string of the molecule is O=COCN(CCN(CCN(CC(=O)O)[C@@H](CC(=O)N(CCNOCC(O)C(O)C(O)C(O)CO)CCNOCC(O)C(O)C(O)C(O)CO)C(=O)O)CP(=O)(O)O)C(C[N+](C=O)(CCC(NO)C(O)C(O)C(O)C(O)CO)CCC(NO)C(O)C(O)C(O)C(O)CO)OC=O. The van der Waals surface area contributed by atoms with E-state index in [4.69, 9.17) is 29.4 Å². The molecular formula is C49H99N9O37P+. The number of quaternary nitrogens is 1. The number of aliphatic carboxylic acids is 2. The smallest absolute Gasteiger partial charge is 0.339 e. The van der Waals surface area contributed by atoms with Crippen LogP contribution in [0.1, 0.15) is 19.3 Å². The number of carbonyl (C=O) groups excluding carboxylic acids is 4. The lowest BCUT2D eigenvalue weighted by Gasteiger charge is -2.40. The van der Waals surface area contributed by atoms with Crippen LogP contribution in [-0.2, 0) is 52.5 Å². The van der Waals surface area contributed by atoms with Gasteiger partial charge in [0.2, 0.25) is 12.1 Å². The maximum Gasteiger partial charge on any atom is 0.339 e. The van der Waals surface area contributed by atoms with Crippen molar-refractivity contribution in [2.45, 2.75) is 141 Å². The van der Waals surface area contributed by atoms with Gasteiger partial charge in [-0.2, -0.15) is 11.0 Å². The Balaban J connectivity index is 7.32. The molecule has 0 rings (SSSR count). The zero-order valence-corrected chi connectivity index (χ0v) is 52.7. The lowest BCUT2D eigenvalue weighted by Crippen LogP contribution is -2.61. The molecule has 0 aliphatic carbocycles. The number of aliphatic hydroxyl groups excluding tert-OH is 20. The van der Waals surface area contributed by atoms with Gasteiger partial charge in [0.15, 0.2) is 0 Å². The van der Waals surface area contributed by atoms with Crippen molar-refractivity contribution in [2.75, 3.05) is 131 Å². The second-order valence-electron chi connectivity index (χ2n) is 22.1. The van der Waals surface area contributed by atoms with E-state index in [9.17, 15) is 156 Å². The van der Waals surface area contributed by atoms with Crippen LogP contribution in [-0.4, -0.2) is 447 Å². The zero-order chi connectivity index (χ0) is 73.6. The summed E-state index contributed by atoms with van der Waals surface area (Å²) in [6.45, 7) is -15.0. The third-order valence-corrected chi connectivity index (χ3v) is 15.8. The topological polar surface area (TPSA) is 743 Å². The molecular weight excluding hydrogens is 1340 g/mol. The molecule has 47 heteroatoms. The van der Waals surface area contributed by atoms with E-state index in [0.29, 0.717) is 4.90 Å². The number of amides is 2. The summed E-state index contributed by atoms with van der Waals surface area (Å²) in [5.41, 5.74) is 7.90. The monoisotopic (exact) mass is 1440 g/mol. The summed E-state index contributed by atoms with van der Waals surface area (Å²) in [6, 6.07) is -5.66. The van der Waals surface area contributed by atoms with E-state index < -0.39 is 302 Å². The molecule has 0 spiro atoms. The summed E-state index contributed by atoms with van der Waals surface area (Å²) in [7, 11) is -5.21. The van der Waals surface area contributed by atoms with Crippen molar-refractivity contribution in [3.8, 4) is 0 Å². The highest BCUT2D eigenvalue weighted by Crippen LogP contribution is 2.35. The van der Waals surface area contributed by atoms with Crippen LogP contribution >= 0.6 is 7.60 Å². The van der Waals surface area contributed by atoms with Crippen molar-refractivity contribution in [1.29, 1.82) is 0 Å². The Hall–Kier alpha value is -4.11. The Morgan fingerprint density at radius 3 is 1.26 bits per heavy atom. The number of hydrogen-bond donors (Lipinski definition) is 30. The quantitative estimate of drug-likeness (QED) is 0.00671. The summed E-state index contributed by atoms with van der Waals surface area (Å²) in [5, 5.41) is 240. The minimum absolute atomic E-state index is 0.130. The second kappa shape index (κ2) is 48.6. The maximum atomic E-state index is 14.1. The Kier molecular flexibility index (Phi) is 46.5. The van der Waals surface area contributed by atoms with Gasteiger partial charge in [-0.05, 0) is 0 Å². The van der Waals surface area contributed by atoms with Gasteiger partial charge in [0.1, 0.15) is 123 Å². The third-order valence-electron chi connectivity index (χ3n) is 15.1. The van der Waals surface area contributed by atoms with Crippen LogP contribution in [0.4, 0.5) is 0 Å². The van der Waals surface area contributed by atoms with Crippen LogP contribution in [0.25, 0.3) is 0 Å². The lowest BCUT2D eigenvalue weighted by atomic mass is 9.95. The van der Waals surface area contributed by atoms with Gasteiger partial charge < -0.3 is 147 Å². The predicted molar refractivity (Wildman–Crippen MR) is 310 cm³/mol. The molecule has 0 heterocycles. The number of aliphatic hydroxyl groups is 20. The number of ether oxygens (including phenoxy) is 2. The van der Waals surface area contributed by atoms with E-state index in [1.807, 2.05) is 0 Å². The summed E-state index contributed by atoms with van der Waals surface area (Å²) < 4.78 is 21.7. The highest BCUT2D eigenvalue weighted by Gasteiger charge is 2.43. The number of carboxylic acids is 2. The first kappa shape index (κ1) is 91.9. The van der Waals surface area contributed by atoms with Crippen molar-refractivity contribution < 1.29 is 190 Å². The van der Waals surface area contributed by atoms with E-state index in [2.05, 4.69) is 11.0 Å². The number of nitrogens with zero attached hydrogens (tertiary/aromatic N) is 5. The molecule has 0 aliphatic rings. The first-order valence-electron chi connectivity index (χ1n) is 29.3. The van der Waals surface area contributed by atoms with Gasteiger partial charge in [0, 0.05) is 65.2 Å². The molecule has 96 heavy (non-hydrogen) atoms. The van der Waals surface area contributed by atoms with Crippen LogP contribution in [0.2, 0.25) is 0 Å². The Morgan fingerprint density at radius 2 is 0.917 bits per heavy atom. The lowest BCUT2D eigenvalue weighted by molar-refractivity contribution is -0.851. The maximum absolute atomic E-state index is 14.1. The Morgan fingerprint density at radius 1 is 0.521 bits per heavy atom. The van der Waals surface area contributed by atoms with Gasteiger partial charge in [0.25, 0.3) is 12.9 Å². The fourth-order valence-corrected chi connectivity index (χ4v) is 9.97. The molecule has 0 bridgehead atoms. The predicted octanol–water partition coefficient (Wildman–Crippen LogP) is -17.4. The molecule has 0 fully saturated rings. The highest BCUT2D eigenvalue weighted by atomic mass is 31.2. The minimum atomic E-state index is -5.21. The van der Waals surface area contributed by atoms with Crippen molar-refractivity contribution in [3.63, 3.8) is 0 Å². The van der Waals surface area contributed by atoms with E-state index in [1.54, 1.807) is 11.0 Å². The molecule has 0 aliphatic heterocycles. The molecule has 0 saturated carbocycles. The fraction of sp³-hybridized carbons (Fsp3) is 0.878. The van der Waals surface area contributed by atoms with Crippen molar-refractivity contribution >= 4 is 44.8 Å². The van der Waals surface area contributed by atoms with Crippen molar-refractivity contribution in [2.24, 2.45) is 0 Å². The molecule has 0 saturated heterocycles. The molecule has 0 aromatic rings. The van der Waals surface area contributed by atoms with Crippen molar-refractivity contribution in [3.05, 3.63) is 0 Å². The van der Waals surface area contributed by atoms with Gasteiger partial charge >= 0.3 is 25.9 Å². The molecule has 20 atom stereocenters. The van der Waals surface area contributed by atoms with Crippen LogP contribution < -0.4 is 21.9 Å². The minimum Gasteiger partial charge on any atom is -0.480 e. The van der Waals surface area contributed by atoms with Gasteiger partial charge in [0.05, 0.1) is 77.8 Å². The molecule has 30 N–H and O–H groups in total. The number of carboxylic acid groups (broad SMARTS) is 2. The molecule has 2 amide bonds. The Bertz CT molecular complexity index is 2130. The van der Waals surface area contributed by atoms with E-state index in [0.717, 1.165) is 14.7 Å². The number of hydrogen-bond acceptors (Lipinski definition) is 40. The van der Waals surface area contributed by atoms with Gasteiger partial charge in [-0.1, -0.05) is 0 Å². The van der Waals surface area contributed by atoms with E-state index in [1.165, 1.54) is 0 Å². The molecule has 0 aromatic heterocycles. The molecule has 0 aromatic carbocycles. The largest absolute Gasteiger partial charge is 0.480 e. The molecule has 0 radical (unpaired) electrons. The molecule has 46 nitrogen and oxygen atoms in total. The van der Waals surface area contributed by atoms with Crippen LogP contribution in [0.5, 0.6) is 0 Å². The average Bonchev–Trinajstić information content (AvgIpc) is 0.843. The number of rotatable bonds is 61. The van der Waals surface area contributed by atoms with Gasteiger partial charge in [-0.3, -0.25) is 52.5 Å². The Labute approximate surface area is 547 Å². The second-order valence-corrected chi connectivity index (χ2v) is 23.7. The first-order valence-corrected chi connectivity index (χ1v) is 31.1.